The second kappa shape index (κ2) is 16.9. The van der Waals surface area contributed by atoms with Crippen molar-refractivity contribution in [3.05, 3.63) is 29.3 Å². The SMILES string of the molecule is CCCCCCCCCCCCCCCCc1cccc(S(=O)(=O)[O-])c1C.[Na+]. The molecule has 0 atom stereocenters. The largest absolute Gasteiger partial charge is 1.00 e. The molecule has 1 rings (SSSR count). The first-order chi connectivity index (χ1) is 13.0. The Morgan fingerprint density at radius 3 is 1.61 bits per heavy atom. The zero-order chi connectivity index (χ0) is 20.0. The smallest absolute Gasteiger partial charge is 0.744 e. The van der Waals surface area contributed by atoms with Crippen LogP contribution in [0.3, 0.4) is 0 Å². The fraction of sp³-hybridized carbons (Fsp3) is 0.739. The summed E-state index contributed by atoms with van der Waals surface area (Å²) in [5.74, 6) is 0. The number of rotatable bonds is 16. The molecular weight excluding hydrogens is 379 g/mol. The van der Waals surface area contributed by atoms with Crippen LogP contribution in [0.5, 0.6) is 0 Å². The summed E-state index contributed by atoms with van der Waals surface area (Å²) in [7, 11) is -4.36. The zero-order valence-corrected chi connectivity index (χ0v) is 21.3. The van der Waals surface area contributed by atoms with Gasteiger partial charge in [-0.25, -0.2) is 8.42 Å². The van der Waals surface area contributed by atoms with Crippen molar-refractivity contribution >= 4 is 10.1 Å². The fourth-order valence-corrected chi connectivity index (χ4v) is 4.46. The molecule has 0 aliphatic rings. The Hall–Kier alpha value is 0.130. The molecular formula is C23H39NaO3S. The van der Waals surface area contributed by atoms with Gasteiger partial charge in [-0.05, 0) is 37.0 Å². The van der Waals surface area contributed by atoms with Crippen LogP contribution >= 0.6 is 0 Å². The summed E-state index contributed by atoms with van der Waals surface area (Å²) in [6.45, 7) is 4.00. The molecule has 156 valence electrons. The van der Waals surface area contributed by atoms with Gasteiger partial charge in [0, 0.05) is 0 Å². The van der Waals surface area contributed by atoms with Gasteiger partial charge in [-0.1, -0.05) is 103 Å². The first kappa shape index (κ1) is 28.1. The maximum absolute atomic E-state index is 11.3. The van der Waals surface area contributed by atoms with Crippen LogP contribution in [0.4, 0.5) is 0 Å². The molecule has 1 aromatic rings. The van der Waals surface area contributed by atoms with Crippen LogP contribution in [0.15, 0.2) is 23.1 Å². The third-order valence-corrected chi connectivity index (χ3v) is 6.45. The van der Waals surface area contributed by atoms with Crippen molar-refractivity contribution in [1.82, 2.24) is 0 Å². The Balaban J connectivity index is 0.00000729. The summed E-state index contributed by atoms with van der Waals surface area (Å²) in [5.41, 5.74) is 1.62. The van der Waals surface area contributed by atoms with E-state index in [4.69, 9.17) is 0 Å². The van der Waals surface area contributed by atoms with Gasteiger partial charge in [-0.3, -0.25) is 0 Å². The summed E-state index contributed by atoms with van der Waals surface area (Å²) >= 11 is 0. The summed E-state index contributed by atoms with van der Waals surface area (Å²) < 4.78 is 33.8. The van der Waals surface area contributed by atoms with Crippen LogP contribution in [-0.4, -0.2) is 13.0 Å². The van der Waals surface area contributed by atoms with E-state index in [0.29, 0.717) is 5.56 Å². The second-order valence-electron chi connectivity index (χ2n) is 7.84. The van der Waals surface area contributed by atoms with Crippen LogP contribution in [0.1, 0.15) is 108 Å². The molecule has 0 fully saturated rings. The molecule has 0 saturated carbocycles. The van der Waals surface area contributed by atoms with Crippen molar-refractivity contribution in [3.8, 4) is 0 Å². The Bertz CT molecular complexity index is 614. The standard InChI is InChI=1S/C23H40O3S.Na/c1-3-4-5-6-7-8-9-10-11-12-13-14-15-16-18-22-19-17-20-23(21(22)2)27(24,25)26;/h17,19-20H,3-16,18H2,1-2H3,(H,24,25,26);/q;+1/p-1. The second-order valence-corrected chi connectivity index (χ2v) is 9.19. The molecule has 0 spiro atoms. The zero-order valence-electron chi connectivity index (χ0n) is 18.5. The third kappa shape index (κ3) is 12.6. The fourth-order valence-electron chi connectivity index (χ4n) is 3.71. The van der Waals surface area contributed by atoms with E-state index in [1.807, 2.05) is 6.07 Å². The van der Waals surface area contributed by atoms with Crippen molar-refractivity contribution in [1.29, 1.82) is 0 Å². The van der Waals surface area contributed by atoms with Gasteiger partial charge in [0.2, 0.25) is 0 Å². The Morgan fingerprint density at radius 1 is 0.750 bits per heavy atom. The average Bonchev–Trinajstić information content (AvgIpc) is 2.62. The average molecular weight is 419 g/mol. The summed E-state index contributed by atoms with van der Waals surface area (Å²) in [6.07, 6.45) is 19.4. The van der Waals surface area contributed by atoms with Crippen molar-refractivity contribution in [3.63, 3.8) is 0 Å². The molecule has 0 aliphatic carbocycles. The normalized spacial score (nSPS) is 11.4. The van der Waals surface area contributed by atoms with Gasteiger partial charge in [0.05, 0.1) is 4.90 Å². The number of benzene rings is 1. The van der Waals surface area contributed by atoms with Crippen LogP contribution in [-0.2, 0) is 16.5 Å². The molecule has 28 heavy (non-hydrogen) atoms. The molecule has 5 heteroatoms. The number of aryl methyl sites for hydroxylation is 1. The Morgan fingerprint density at radius 2 is 1.18 bits per heavy atom. The number of hydrogen-bond acceptors (Lipinski definition) is 3. The minimum absolute atomic E-state index is 0. The van der Waals surface area contributed by atoms with Crippen LogP contribution in [0.25, 0.3) is 0 Å². The van der Waals surface area contributed by atoms with Gasteiger partial charge in [0.15, 0.2) is 0 Å². The van der Waals surface area contributed by atoms with Crippen molar-refractivity contribution in [2.24, 2.45) is 0 Å². The predicted octanol–water partition coefficient (Wildman–Crippen LogP) is 3.93. The maximum atomic E-state index is 11.3. The van der Waals surface area contributed by atoms with E-state index in [2.05, 4.69) is 6.92 Å². The molecule has 0 heterocycles. The van der Waals surface area contributed by atoms with Gasteiger partial charge >= 0.3 is 29.6 Å². The molecule has 0 bridgehead atoms. The van der Waals surface area contributed by atoms with E-state index in [-0.39, 0.29) is 34.5 Å². The monoisotopic (exact) mass is 418 g/mol. The molecule has 0 unspecified atom stereocenters. The molecule has 3 nitrogen and oxygen atoms in total. The van der Waals surface area contributed by atoms with E-state index >= 15 is 0 Å². The molecule has 0 radical (unpaired) electrons. The minimum atomic E-state index is -4.36. The van der Waals surface area contributed by atoms with E-state index in [0.717, 1.165) is 18.4 Å². The molecule has 0 saturated heterocycles. The number of hydrogen-bond donors (Lipinski definition) is 0. The van der Waals surface area contributed by atoms with Gasteiger partial charge < -0.3 is 4.55 Å². The van der Waals surface area contributed by atoms with E-state index in [9.17, 15) is 13.0 Å². The van der Waals surface area contributed by atoms with Crippen LogP contribution in [0.2, 0.25) is 0 Å². The summed E-state index contributed by atoms with van der Waals surface area (Å²) in [5, 5.41) is 0. The molecule has 1 aromatic carbocycles. The first-order valence-corrected chi connectivity index (χ1v) is 12.4. The molecule has 0 aliphatic heterocycles. The third-order valence-electron chi connectivity index (χ3n) is 5.47. The van der Waals surface area contributed by atoms with Crippen molar-refractivity contribution in [2.45, 2.75) is 115 Å². The first-order valence-electron chi connectivity index (χ1n) is 11.0. The summed E-state index contributed by atoms with van der Waals surface area (Å²) in [6, 6.07) is 5.02. The van der Waals surface area contributed by atoms with Crippen molar-refractivity contribution in [2.75, 3.05) is 0 Å². The maximum Gasteiger partial charge on any atom is 1.00 e. The van der Waals surface area contributed by atoms with Crippen LogP contribution in [0, 0.1) is 6.92 Å². The topological polar surface area (TPSA) is 57.2 Å². The van der Waals surface area contributed by atoms with E-state index in [1.54, 1.807) is 13.0 Å². The summed E-state index contributed by atoms with van der Waals surface area (Å²) in [4.78, 5) is -0.0645. The minimum Gasteiger partial charge on any atom is -0.744 e. The van der Waals surface area contributed by atoms with Gasteiger partial charge in [-0.2, -0.15) is 0 Å². The molecule has 0 aromatic heterocycles. The van der Waals surface area contributed by atoms with Gasteiger partial charge in [0.25, 0.3) is 0 Å². The predicted molar refractivity (Wildman–Crippen MR) is 113 cm³/mol. The Kier molecular flexibility index (Phi) is 17.0. The van der Waals surface area contributed by atoms with Crippen LogP contribution < -0.4 is 29.6 Å². The number of unbranched alkanes of at least 4 members (excludes halogenated alkanes) is 13. The van der Waals surface area contributed by atoms with E-state index in [1.165, 1.54) is 89.5 Å². The van der Waals surface area contributed by atoms with E-state index < -0.39 is 10.1 Å². The quantitative estimate of drug-likeness (QED) is 0.232. The van der Waals surface area contributed by atoms with Crippen molar-refractivity contribution < 1.29 is 42.5 Å². The molecule has 0 N–H and O–H groups in total. The molecule has 0 amide bonds. The Labute approximate surface area is 196 Å². The van der Waals surface area contributed by atoms with Gasteiger partial charge in [0.1, 0.15) is 10.1 Å². The van der Waals surface area contributed by atoms with Gasteiger partial charge in [-0.15, -0.1) is 0 Å².